The molecule has 2 N–H and O–H groups in total. The number of carboxylic acids is 1. The Bertz CT molecular complexity index is 584. The van der Waals surface area contributed by atoms with Crippen molar-refractivity contribution < 1.29 is 19.4 Å². The van der Waals surface area contributed by atoms with E-state index in [2.05, 4.69) is 5.32 Å². The first-order chi connectivity index (χ1) is 11.0. The number of β-lactam (4-membered cyclic amide) rings is 1. The second-order valence-corrected chi connectivity index (χ2v) is 6.33. The highest BCUT2D eigenvalue weighted by atomic mass is 16.5. The Morgan fingerprint density at radius 2 is 2.17 bits per heavy atom. The first-order valence-corrected chi connectivity index (χ1v) is 7.98. The van der Waals surface area contributed by atoms with E-state index in [1.807, 2.05) is 30.3 Å². The van der Waals surface area contributed by atoms with E-state index in [-0.39, 0.29) is 5.91 Å². The summed E-state index contributed by atoms with van der Waals surface area (Å²) in [5, 5.41) is 12.7. The van der Waals surface area contributed by atoms with E-state index >= 15 is 0 Å². The lowest BCUT2D eigenvalue weighted by Gasteiger charge is -2.50. The van der Waals surface area contributed by atoms with E-state index in [1.165, 1.54) is 4.90 Å². The SMILES string of the molecule is C[C@@H](OCc1ccccc1)[C@@H](C(=O)O)N1CC2(CCCN2)C1=O. The molecule has 3 atom stereocenters. The van der Waals surface area contributed by atoms with Gasteiger partial charge in [-0.25, -0.2) is 4.79 Å². The molecular formula is C17H22N2O4. The van der Waals surface area contributed by atoms with Crippen LogP contribution < -0.4 is 5.32 Å². The fourth-order valence-electron chi connectivity index (χ4n) is 3.44. The monoisotopic (exact) mass is 318 g/mol. The van der Waals surface area contributed by atoms with Gasteiger partial charge >= 0.3 is 5.97 Å². The number of nitrogens with one attached hydrogen (secondary N) is 1. The van der Waals surface area contributed by atoms with Crippen LogP contribution in [0.15, 0.2) is 30.3 Å². The van der Waals surface area contributed by atoms with E-state index in [4.69, 9.17) is 4.74 Å². The molecule has 0 radical (unpaired) electrons. The number of likely N-dealkylation sites (tertiary alicyclic amines) is 1. The quantitative estimate of drug-likeness (QED) is 0.765. The molecule has 1 unspecified atom stereocenters. The van der Waals surface area contributed by atoms with Crippen LogP contribution in [0.5, 0.6) is 0 Å². The van der Waals surface area contributed by atoms with Crippen molar-refractivity contribution in [1.29, 1.82) is 0 Å². The molecule has 2 saturated heterocycles. The molecular weight excluding hydrogens is 296 g/mol. The smallest absolute Gasteiger partial charge is 0.329 e. The van der Waals surface area contributed by atoms with Crippen molar-refractivity contribution >= 4 is 11.9 Å². The number of hydrogen-bond donors (Lipinski definition) is 2. The van der Waals surface area contributed by atoms with Gasteiger partial charge in [-0.15, -0.1) is 0 Å². The molecule has 6 nitrogen and oxygen atoms in total. The second kappa shape index (κ2) is 6.29. The number of amides is 1. The number of carboxylic acid groups (broad SMARTS) is 1. The summed E-state index contributed by atoms with van der Waals surface area (Å²) in [7, 11) is 0. The molecule has 1 amide bonds. The van der Waals surface area contributed by atoms with Crippen LogP contribution in [0.25, 0.3) is 0 Å². The molecule has 6 heteroatoms. The van der Waals surface area contributed by atoms with Crippen molar-refractivity contribution in [3.05, 3.63) is 35.9 Å². The molecule has 1 aromatic carbocycles. The van der Waals surface area contributed by atoms with Crippen LogP contribution >= 0.6 is 0 Å². The van der Waals surface area contributed by atoms with Gasteiger partial charge in [0.25, 0.3) is 0 Å². The van der Waals surface area contributed by atoms with Gasteiger partial charge in [-0.2, -0.15) is 0 Å². The van der Waals surface area contributed by atoms with Crippen LogP contribution in [-0.4, -0.2) is 52.7 Å². The lowest BCUT2D eigenvalue weighted by Crippen LogP contribution is -2.75. The summed E-state index contributed by atoms with van der Waals surface area (Å²) in [5.41, 5.74) is 0.458. The molecule has 2 heterocycles. The summed E-state index contributed by atoms with van der Waals surface area (Å²) >= 11 is 0. The number of rotatable bonds is 6. The summed E-state index contributed by atoms with van der Waals surface area (Å²) in [6.07, 6.45) is 1.17. The minimum absolute atomic E-state index is 0.113. The lowest BCUT2D eigenvalue weighted by molar-refractivity contribution is -0.172. The van der Waals surface area contributed by atoms with Gasteiger partial charge in [-0.05, 0) is 31.9 Å². The van der Waals surface area contributed by atoms with Crippen LogP contribution in [-0.2, 0) is 20.9 Å². The number of benzene rings is 1. The maximum atomic E-state index is 12.5. The van der Waals surface area contributed by atoms with Crippen molar-refractivity contribution in [2.24, 2.45) is 0 Å². The van der Waals surface area contributed by atoms with Gasteiger partial charge in [-0.3, -0.25) is 4.79 Å². The second-order valence-electron chi connectivity index (χ2n) is 6.33. The largest absolute Gasteiger partial charge is 0.480 e. The molecule has 23 heavy (non-hydrogen) atoms. The standard InChI is InChI=1S/C17H22N2O4/c1-12(23-10-13-6-3-2-4-7-13)14(15(20)21)19-11-17(16(19)22)8-5-9-18-17/h2-4,6-7,12,14,18H,5,8-11H2,1H3,(H,20,21)/t12-,14+,17?/m1/s1. The Hall–Kier alpha value is -1.92. The Morgan fingerprint density at radius 1 is 1.43 bits per heavy atom. The Balaban J connectivity index is 1.63. The summed E-state index contributed by atoms with van der Waals surface area (Å²) in [4.78, 5) is 25.5. The maximum absolute atomic E-state index is 12.5. The molecule has 2 fully saturated rings. The average molecular weight is 318 g/mol. The molecule has 0 saturated carbocycles. The number of hydrogen-bond acceptors (Lipinski definition) is 4. The van der Waals surface area contributed by atoms with Gasteiger partial charge in [-0.1, -0.05) is 30.3 Å². The van der Waals surface area contributed by atoms with Crippen LogP contribution in [0.2, 0.25) is 0 Å². The summed E-state index contributed by atoms with van der Waals surface area (Å²) in [6, 6.07) is 8.64. The molecule has 1 aromatic rings. The van der Waals surface area contributed by atoms with Gasteiger partial charge in [0, 0.05) is 6.54 Å². The van der Waals surface area contributed by atoms with Crippen molar-refractivity contribution in [3.63, 3.8) is 0 Å². The molecule has 0 aliphatic carbocycles. The first kappa shape index (κ1) is 16.0. The van der Waals surface area contributed by atoms with Gasteiger partial charge in [0.2, 0.25) is 5.91 Å². The Labute approximate surface area is 135 Å². The van der Waals surface area contributed by atoms with Gasteiger partial charge in [0.1, 0.15) is 5.54 Å². The van der Waals surface area contributed by atoms with Gasteiger partial charge < -0.3 is 20.1 Å². The number of carbonyl (C=O) groups excluding carboxylic acids is 1. The highest BCUT2D eigenvalue weighted by Crippen LogP contribution is 2.34. The van der Waals surface area contributed by atoms with Gasteiger partial charge in [0.15, 0.2) is 6.04 Å². The maximum Gasteiger partial charge on any atom is 0.329 e. The van der Waals surface area contributed by atoms with Crippen molar-refractivity contribution in [2.45, 2.75) is 44.1 Å². The molecule has 124 valence electrons. The number of carbonyl (C=O) groups is 2. The van der Waals surface area contributed by atoms with E-state index in [0.717, 1.165) is 24.9 Å². The van der Waals surface area contributed by atoms with Gasteiger partial charge in [0.05, 0.1) is 12.7 Å². The number of ether oxygens (including phenoxy) is 1. The highest BCUT2D eigenvalue weighted by molar-refractivity contribution is 5.96. The van der Waals surface area contributed by atoms with Crippen molar-refractivity contribution in [1.82, 2.24) is 10.2 Å². The first-order valence-electron chi connectivity index (χ1n) is 7.98. The van der Waals surface area contributed by atoms with Crippen LogP contribution in [0.3, 0.4) is 0 Å². The average Bonchev–Trinajstić information content (AvgIpc) is 3.04. The zero-order valence-electron chi connectivity index (χ0n) is 13.2. The Morgan fingerprint density at radius 3 is 2.74 bits per heavy atom. The third-order valence-electron chi connectivity index (χ3n) is 4.74. The molecule has 2 aliphatic rings. The molecule has 0 aromatic heterocycles. The summed E-state index contributed by atoms with van der Waals surface area (Å²) in [6.45, 7) is 3.30. The minimum atomic E-state index is -1.02. The fraction of sp³-hybridized carbons (Fsp3) is 0.529. The van der Waals surface area contributed by atoms with E-state index in [9.17, 15) is 14.7 Å². The highest BCUT2D eigenvalue weighted by Gasteiger charge is 2.57. The number of nitrogens with zero attached hydrogens (tertiary/aromatic N) is 1. The molecule has 0 bridgehead atoms. The van der Waals surface area contributed by atoms with E-state index in [0.29, 0.717) is 13.2 Å². The zero-order chi connectivity index (χ0) is 16.4. The molecule has 2 aliphatic heterocycles. The summed E-state index contributed by atoms with van der Waals surface area (Å²) in [5.74, 6) is -1.13. The predicted molar refractivity (Wildman–Crippen MR) is 83.8 cm³/mol. The van der Waals surface area contributed by atoms with E-state index < -0.39 is 23.7 Å². The van der Waals surface area contributed by atoms with Crippen LogP contribution in [0.4, 0.5) is 0 Å². The molecule has 1 spiro atoms. The minimum Gasteiger partial charge on any atom is -0.480 e. The lowest BCUT2D eigenvalue weighted by atomic mass is 9.85. The molecule has 3 rings (SSSR count). The van der Waals surface area contributed by atoms with Crippen LogP contribution in [0, 0.1) is 0 Å². The predicted octanol–water partition coefficient (Wildman–Crippen LogP) is 1.01. The van der Waals surface area contributed by atoms with Crippen LogP contribution in [0.1, 0.15) is 25.3 Å². The Kier molecular flexibility index (Phi) is 4.37. The normalized spacial score (nSPS) is 26.1. The van der Waals surface area contributed by atoms with E-state index in [1.54, 1.807) is 6.92 Å². The topological polar surface area (TPSA) is 78.9 Å². The summed E-state index contributed by atoms with van der Waals surface area (Å²) < 4.78 is 5.71. The van der Waals surface area contributed by atoms with Crippen molar-refractivity contribution in [2.75, 3.05) is 13.1 Å². The van der Waals surface area contributed by atoms with Crippen molar-refractivity contribution in [3.8, 4) is 0 Å². The third kappa shape index (κ3) is 2.96. The number of aliphatic carboxylic acids is 1. The fourth-order valence-corrected chi connectivity index (χ4v) is 3.44. The third-order valence-corrected chi connectivity index (χ3v) is 4.74. The zero-order valence-corrected chi connectivity index (χ0v) is 13.2.